The molecule has 2 aliphatic carbocycles. The fourth-order valence-electron chi connectivity index (χ4n) is 3.82. The van der Waals surface area contributed by atoms with Crippen LogP contribution in [0.4, 0.5) is 5.69 Å². The standard InChI is InChI=1S/C19H21N3O/c1-19(2)15-8-7-14(21-11-20-10-17(21)12-3-4-12)9-16(15)22(18(19)23)13-5-6-13/h7-13H,3-6H2,1-2H3. The van der Waals surface area contributed by atoms with Crippen LogP contribution in [0.25, 0.3) is 5.69 Å². The molecule has 5 rings (SSSR count). The second-order valence-electron chi connectivity index (χ2n) is 7.70. The highest BCUT2D eigenvalue weighted by Gasteiger charge is 2.49. The maximum atomic E-state index is 12.9. The molecule has 118 valence electrons. The van der Waals surface area contributed by atoms with Gasteiger partial charge in [-0.1, -0.05) is 6.07 Å². The number of fused-ring (bicyclic) bond motifs is 1. The maximum absolute atomic E-state index is 12.9. The van der Waals surface area contributed by atoms with E-state index in [0.29, 0.717) is 12.0 Å². The predicted molar refractivity (Wildman–Crippen MR) is 89.1 cm³/mol. The Morgan fingerprint density at radius 3 is 2.65 bits per heavy atom. The van der Waals surface area contributed by atoms with Crippen LogP contribution in [0.15, 0.2) is 30.7 Å². The molecule has 1 aliphatic heterocycles. The van der Waals surface area contributed by atoms with Gasteiger partial charge in [0.05, 0.1) is 17.4 Å². The van der Waals surface area contributed by atoms with E-state index in [9.17, 15) is 4.79 Å². The molecule has 2 aromatic rings. The average molecular weight is 307 g/mol. The van der Waals surface area contributed by atoms with Gasteiger partial charge in [-0.25, -0.2) is 4.98 Å². The Bertz CT molecular complexity index is 812. The van der Waals surface area contributed by atoms with Gasteiger partial charge in [0.15, 0.2) is 0 Å². The van der Waals surface area contributed by atoms with Crippen LogP contribution in [0.5, 0.6) is 0 Å². The minimum absolute atomic E-state index is 0.250. The molecular weight excluding hydrogens is 286 g/mol. The van der Waals surface area contributed by atoms with Crippen molar-refractivity contribution in [2.45, 2.75) is 56.9 Å². The van der Waals surface area contributed by atoms with Gasteiger partial charge < -0.3 is 9.47 Å². The zero-order chi connectivity index (χ0) is 15.8. The molecule has 0 saturated heterocycles. The van der Waals surface area contributed by atoms with Crippen molar-refractivity contribution >= 4 is 11.6 Å². The van der Waals surface area contributed by atoms with Crippen molar-refractivity contribution < 1.29 is 4.79 Å². The topological polar surface area (TPSA) is 38.1 Å². The molecular formula is C19H21N3O. The minimum Gasteiger partial charge on any atom is -0.308 e. The van der Waals surface area contributed by atoms with Gasteiger partial charge in [0.2, 0.25) is 5.91 Å². The third kappa shape index (κ3) is 1.84. The molecule has 1 amide bonds. The second-order valence-corrected chi connectivity index (χ2v) is 7.70. The van der Waals surface area contributed by atoms with Crippen molar-refractivity contribution in [1.82, 2.24) is 9.55 Å². The number of carbonyl (C=O) groups is 1. The van der Waals surface area contributed by atoms with Crippen LogP contribution >= 0.6 is 0 Å². The van der Waals surface area contributed by atoms with Crippen molar-refractivity contribution in [1.29, 1.82) is 0 Å². The SMILES string of the molecule is CC1(C)C(=O)N(C2CC2)c2cc(-n3cncc3C3CC3)ccc21. The molecule has 0 radical (unpaired) electrons. The number of hydrogen-bond acceptors (Lipinski definition) is 2. The Kier molecular flexibility index (Phi) is 2.47. The Hall–Kier alpha value is -2.10. The molecule has 2 fully saturated rings. The number of benzene rings is 1. The number of aromatic nitrogens is 2. The van der Waals surface area contributed by atoms with Crippen LogP contribution in [0.1, 0.15) is 56.7 Å². The molecule has 2 saturated carbocycles. The monoisotopic (exact) mass is 307 g/mol. The number of imidazole rings is 1. The largest absolute Gasteiger partial charge is 0.308 e. The van der Waals surface area contributed by atoms with E-state index < -0.39 is 5.41 Å². The maximum Gasteiger partial charge on any atom is 0.237 e. The molecule has 4 nitrogen and oxygen atoms in total. The fourth-order valence-corrected chi connectivity index (χ4v) is 3.82. The van der Waals surface area contributed by atoms with Gasteiger partial charge in [-0.05, 0) is 57.2 Å². The Morgan fingerprint density at radius 2 is 1.96 bits per heavy atom. The molecule has 0 atom stereocenters. The summed E-state index contributed by atoms with van der Waals surface area (Å²) in [5, 5.41) is 0. The van der Waals surface area contributed by atoms with Crippen molar-refractivity contribution in [2.24, 2.45) is 0 Å². The van der Waals surface area contributed by atoms with E-state index in [-0.39, 0.29) is 5.91 Å². The summed E-state index contributed by atoms with van der Waals surface area (Å²) in [6, 6.07) is 6.87. The fraction of sp³-hybridized carbons (Fsp3) is 0.474. The van der Waals surface area contributed by atoms with E-state index >= 15 is 0 Å². The van der Waals surface area contributed by atoms with Gasteiger partial charge in [0.1, 0.15) is 0 Å². The quantitative estimate of drug-likeness (QED) is 0.870. The molecule has 23 heavy (non-hydrogen) atoms. The lowest BCUT2D eigenvalue weighted by atomic mass is 9.86. The summed E-state index contributed by atoms with van der Waals surface area (Å²) in [6.45, 7) is 4.09. The van der Waals surface area contributed by atoms with E-state index in [1.165, 1.54) is 18.5 Å². The Balaban J connectivity index is 1.64. The van der Waals surface area contributed by atoms with Crippen LogP contribution in [0.2, 0.25) is 0 Å². The first kappa shape index (κ1) is 13.3. The molecule has 2 heterocycles. The lowest BCUT2D eigenvalue weighted by molar-refractivity contribution is -0.122. The molecule has 0 unspecified atom stereocenters. The Labute approximate surface area is 136 Å². The van der Waals surface area contributed by atoms with E-state index in [2.05, 4.69) is 27.8 Å². The Morgan fingerprint density at radius 1 is 1.17 bits per heavy atom. The number of amides is 1. The lowest BCUT2D eigenvalue weighted by Gasteiger charge is -2.19. The molecule has 1 aromatic heterocycles. The van der Waals surface area contributed by atoms with Gasteiger partial charge in [-0.3, -0.25) is 4.79 Å². The zero-order valence-corrected chi connectivity index (χ0v) is 13.6. The van der Waals surface area contributed by atoms with E-state index in [1.807, 2.05) is 31.3 Å². The number of hydrogen-bond donors (Lipinski definition) is 0. The first-order valence-corrected chi connectivity index (χ1v) is 8.58. The molecule has 4 heteroatoms. The average Bonchev–Trinajstić information content (AvgIpc) is 3.46. The summed E-state index contributed by atoms with van der Waals surface area (Å²) in [5.74, 6) is 0.906. The lowest BCUT2D eigenvalue weighted by Crippen LogP contribution is -2.37. The second kappa shape index (κ2) is 4.25. The van der Waals surface area contributed by atoms with Gasteiger partial charge in [0, 0.05) is 29.5 Å². The van der Waals surface area contributed by atoms with Crippen LogP contribution in [0.3, 0.4) is 0 Å². The summed E-state index contributed by atoms with van der Waals surface area (Å²) < 4.78 is 2.19. The van der Waals surface area contributed by atoms with Crippen LogP contribution in [-0.2, 0) is 10.2 Å². The van der Waals surface area contributed by atoms with Crippen LogP contribution in [-0.4, -0.2) is 21.5 Å². The highest BCUT2D eigenvalue weighted by atomic mass is 16.2. The molecule has 0 spiro atoms. The number of carbonyl (C=O) groups excluding carboxylic acids is 1. The van der Waals surface area contributed by atoms with Gasteiger partial charge in [-0.15, -0.1) is 0 Å². The number of rotatable bonds is 3. The number of nitrogens with zero attached hydrogens (tertiary/aromatic N) is 3. The van der Waals surface area contributed by atoms with Crippen molar-refractivity contribution in [3.8, 4) is 5.69 Å². The smallest absolute Gasteiger partial charge is 0.237 e. The minimum atomic E-state index is -0.412. The predicted octanol–water partition coefficient (Wildman–Crippen LogP) is 3.54. The molecule has 1 aromatic carbocycles. The highest BCUT2D eigenvalue weighted by molar-refractivity contribution is 6.08. The van der Waals surface area contributed by atoms with Crippen molar-refractivity contribution in [3.63, 3.8) is 0 Å². The molecule has 0 N–H and O–H groups in total. The summed E-state index contributed by atoms with van der Waals surface area (Å²) in [6.07, 6.45) is 8.66. The van der Waals surface area contributed by atoms with Crippen LogP contribution in [0, 0.1) is 0 Å². The first-order valence-electron chi connectivity index (χ1n) is 8.58. The normalized spacial score (nSPS) is 22.5. The summed E-state index contributed by atoms with van der Waals surface area (Å²) in [4.78, 5) is 19.2. The van der Waals surface area contributed by atoms with E-state index in [0.717, 1.165) is 29.8 Å². The number of anilines is 1. The van der Waals surface area contributed by atoms with Gasteiger partial charge in [0.25, 0.3) is 0 Å². The zero-order valence-electron chi connectivity index (χ0n) is 13.6. The third-order valence-electron chi connectivity index (χ3n) is 5.52. The summed E-state index contributed by atoms with van der Waals surface area (Å²) in [5.41, 5.74) is 4.28. The summed E-state index contributed by atoms with van der Waals surface area (Å²) in [7, 11) is 0. The van der Waals surface area contributed by atoms with Crippen molar-refractivity contribution in [3.05, 3.63) is 42.0 Å². The van der Waals surface area contributed by atoms with Crippen LogP contribution < -0.4 is 4.90 Å². The third-order valence-corrected chi connectivity index (χ3v) is 5.52. The highest BCUT2D eigenvalue weighted by Crippen LogP contribution is 2.48. The van der Waals surface area contributed by atoms with E-state index in [1.54, 1.807) is 0 Å². The van der Waals surface area contributed by atoms with E-state index in [4.69, 9.17) is 0 Å². The molecule has 3 aliphatic rings. The first-order chi connectivity index (χ1) is 11.1. The van der Waals surface area contributed by atoms with Gasteiger partial charge in [-0.2, -0.15) is 0 Å². The summed E-state index contributed by atoms with van der Waals surface area (Å²) >= 11 is 0. The molecule has 0 bridgehead atoms. The van der Waals surface area contributed by atoms with Gasteiger partial charge >= 0.3 is 0 Å². The van der Waals surface area contributed by atoms with Crippen molar-refractivity contribution in [2.75, 3.05) is 4.90 Å².